The van der Waals surface area contributed by atoms with Crippen LogP contribution in [0, 0.1) is 0 Å². The van der Waals surface area contributed by atoms with Crippen LogP contribution in [0.25, 0.3) is 16.9 Å². The fraction of sp³-hybridized carbons (Fsp3) is 0.458. The van der Waals surface area contributed by atoms with Crippen molar-refractivity contribution >= 4 is 23.4 Å². The van der Waals surface area contributed by atoms with E-state index in [-0.39, 0.29) is 18.5 Å². The monoisotopic (exact) mass is 493 g/mol. The molecule has 0 bridgehead atoms. The molecule has 0 fully saturated rings. The lowest BCUT2D eigenvalue weighted by atomic mass is 10.0. The number of hydrogen-bond donors (Lipinski definition) is 1. The average Bonchev–Trinajstić information content (AvgIpc) is 3.29. The molecule has 6 nitrogen and oxygen atoms in total. The predicted octanol–water partition coefficient (Wildman–Crippen LogP) is 6.33. The highest BCUT2D eigenvalue weighted by atomic mass is 32.2. The minimum absolute atomic E-state index is 0.132. The molecule has 0 aliphatic heterocycles. The van der Waals surface area contributed by atoms with E-state index in [1.165, 1.54) is 11.8 Å². The van der Waals surface area contributed by atoms with Gasteiger partial charge in [0, 0.05) is 43.2 Å². The number of carbonyl (C=O) groups is 1. The molecule has 34 heavy (non-hydrogen) atoms. The van der Waals surface area contributed by atoms with Crippen LogP contribution >= 0.6 is 11.8 Å². The van der Waals surface area contributed by atoms with Crippen LogP contribution in [-0.2, 0) is 0 Å². The molecule has 1 N–H and O–H groups in total. The first-order chi connectivity index (χ1) is 16.2. The highest BCUT2D eigenvalue weighted by Gasteiger charge is 2.29. The van der Waals surface area contributed by atoms with E-state index in [2.05, 4.69) is 10.3 Å². The fourth-order valence-corrected chi connectivity index (χ4v) is 4.41. The summed E-state index contributed by atoms with van der Waals surface area (Å²) < 4.78 is 39.8. The van der Waals surface area contributed by atoms with Crippen LogP contribution in [0.4, 0.5) is 18.0 Å². The zero-order chi connectivity index (χ0) is 24.9. The van der Waals surface area contributed by atoms with Crippen molar-refractivity contribution in [1.82, 2.24) is 24.6 Å². The molecule has 10 heteroatoms. The fourth-order valence-electron chi connectivity index (χ4n) is 3.88. The van der Waals surface area contributed by atoms with Crippen LogP contribution in [0.1, 0.15) is 51.6 Å². The van der Waals surface area contributed by atoms with Gasteiger partial charge in [-0.05, 0) is 44.6 Å². The van der Waals surface area contributed by atoms with Crippen molar-refractivity contribution in [2.24, 2.45) is 0 Å². The second kappa shape index (κ2) is 11.1. The third kappa shape index (κ3) is 6.22. The molecule has 2 atom stereocenters. The summed E-state index contributed by atoms with van der Waals surface area (Å²) in [5, 5.41) is 3.60. The Morgan fingerprint density at radius 1 is 1.29 bits per heavy atom. The summed E-state index contributed by atoms with van der Waals surface area (Å²) in [4.78, 5) is 23.7. The lowest BCUT2D eigenvalue weighted by Crippen LogP contribution is -2.45. The standard InChI is InChI=1S/C24H30F3N5OS/c1-5-19(10-11-24(25,26)27)29-23(33)32(6-2)16(3)17-8-7-9-18(14-17)20-15-31-13-12-28-21(31)22(30-20)34-4/h7-9,12-16,19H,5-6,10-11H2,1-4H3,(H,29,33). The normalized spacial score (nSPS) is 13.6. The van der Waals surface area contributed by atoms with Crippen LogP contribution in [0.15, 0.2) is 47.9 Å². The number of carbonyl (C=O) groups excluding carboxylic acids is 1. The summed E-state index contributed by atoms with van der Waals surface area (Å²) in [5.41, 5.74) is 3.40. The van der Waals surface area contributed by atoms with E-state index in [0.717, 1.165) is 27.5 Å². The minimum Gasteiger partial charge on any atom is -0.335 e. The highest BCUT2D eigenvalue weighted by Crippen LogP contribution is 2.28. The van der Waals surface area contributed by atoms with Crippen molar-refractivity contribution in [2.75, 3.05) is 12.8 Å². The van der Waals surface area contributed by atoms with Crippen LogP contribution in [-0.4, -0.2) is 50.3 Å². The van der Waals surface area contributed by atoms with Crippen LogP contribution < -0.4 is 5.32 Å². The molecule has 0 spiro atoms. The maximum atomic E-state index is 12.9. The molecule has 3 aromatic rings. The number of fused-ring (bicyclic) bond motifs is 1. The van der Waals surface area contributed by atoms with Gasteiger partial charge in [0.15, 0.2) is 5.65 Å². The maximum absolute atomic E-state index is 12.9. The first-order valence-corrected chi connectivity index (χ1v) is 12.5. The number of rotatable bonds is 9. The first-order valence-electron chi connectivity index (χ1n) is 11.3. The van der Waals surface area contributed by atoms with Gasteiger partial charge in [0.25, 0.3) is 0 Å². The average molecular weight is 494 g/mol. The number of halogens is 3. The number of hydrogen-bond acceptors (Lipinski definition) is 4. The van der Waals surface area contributed by atoms with Crippen LogP contribution in [0.3, 0.4) is 0 Å². The van der Waals surface area contributed by atoms with Gasteiger partial charge in [-0.3, -0.25) is 0 Å². The Bertz CT molecular complexity index is 1120. The zero-order valence-corrected chi connectivity index (χ0v) is 20.6. The lowest BCUT2D eigenvalue weighted by Gasteiger charge is -2.31. The Kier molecular flexibility index (Phi) is 8.46. The van der Waals surface area contributed by atoms with Gasteiger partial charge in [-0.2, -0.15) is 13.2 Å². The quantitative estimate of drug-likeness (QED) is 0.354. The summed E-state index contributed by atoms with van der Waals surface area (Å²) in [6, 6.07) is 6.65. The summed E-state index contributed by atoms with van der Waals surface area (Å²) in [6.07, 6.45) is 2.63. The second-order valence-corrected chi connectivity index (χ2v) is 8.88. The number of amides is 2. The summed E-state index contributed by atoms with van der Waals surface area (Å²) in [5.74, 6) is 0. The number of thioether (sulfide) groups is 1. The highest BCUT2D eigenvalue weighted by molar-refractivity contribution is 7.98. The molecule has 1 aromatic carbocycles. The summed E-state index contributed by atoms with van der Waals surface area (Å²) in [7, 11) is 0. The molecule has 0 radical (unpaired) electrons. The Hall–Kier alpha value is -2.75. The van der Waals surface area contributed by atoms with Gasteiger partial charge < -0.3 is 14.6 Å². The van der Waals surface area contributed by atoms with Gasteiger partial charge in [-0.15, -0.1) is 11.8 Å². The third-order valence-electron chi connectivity index (χ3n) is 5.87. The molecule has 0 aliphatic carbocycles. The van der Waals surface area contributed by atoms with E-state index < -0.39 is 18.6 Å². The number of urea groups is 1. The Balaban J connectivity index is 1.80. The van der Waals surface area contributed by atoms with Crippen molar-refractivity contribution in [3.8, 4) is 11.3 Å². The molecular formula is C24H30F3N5OS. The SMILES string of the molecule is CCC(CCC(F)(F)F)NC(=O)N(CC)C(C)c1cccc(-c2cn3ccnc3c(SC)n2)c1. The van der Waals surface area contributed by atoms with Crippen LogP contribution in [0.2, 0.25) is 0 Å². The van der Waals surface area contributed by atoms with Crippen molar-refractivity contribution in [2.45, 2.75) is 63.3 Å². The molecule has 0 saturated carbocycles. The van der Waals surface area contributed by atoms with Gasteiger partial charge in [0.2, 0.25) is 0 Å². The van der Waals surface area contributed by atoms with Crippen molar-refractivity contribution in [3.63, 3.8) is 0 Å². The Morgan fingerprint density at radius 3 is 2.71 bits per heavy atom. The first kappa shape index (κ1) is 25.9. The molecule has 2 amide bonds. The smallest absolute Gasteiger partial charge is 0.335 e. The molecule has 2 aromatic heterocycles. The number of nitrogens with one attached hydrogen (secondary N) is 1. The largest absolute Gasteiger partial charge is 0.389 e. The number of alkyl halides is 3. The minimum atomic E-state index is -4.24. The molecule has 0 aliphatic rings. The van der Waals surface area contributed by atoms with E-state index in [4.69, 9.17) is 4.98 Å². The van der Waals surface area contributed by atoms with Crippen molar-refractivity contribution in [1.29, 1.82) is 0 Å². The van der Waals surface area contributed by atoms with Crippen molar-refractivity contribution < 1.29 is 18.0 Å². The number of benzene rings is 1. The number of nitrogens with zero attached hydrogens (tertiary/aromatic N) is 4. The Labute approximate surface area is 202 Å². The van der Waals surface area contributed by atoms with E-state index >= 15 is 0 Å². The molecular weight excluding hydrogens is 463 g/mol. The molecule has 2 heterocycles. The maximum Gasteiger partial charge on any atom is 0.389 e. The van der Waals surface area contributed by atoms with E-state index in [0.29, 0.717) is 13.0 Å². The van der Waals surface area contributed by atoms with Gasteiger partial charge in [0.1, 0.15) is 5.03 Å². The predicted molar refractivity (Wildman–Crippen MR) is 129 cm³/mol. The van der Waals surface area contributed by atoms with Crippen LogP contribution in [0.5, 0.6) is 0 Å². The summed E-state index contributed by atoms with van der Waals surface area (Å²) in [6.45, 7) is 5.97. The molecule has 2 unspecified atom stereocenters. The van der Waals surface area contributed by atoms with Gasteiger partial charge in [-0.1, -0.05) is 25.1 Å². The third-order valence-corrected chi connectivity index (χ3v) is 6.53. The van der Waals surface area contributed by atoms with Gasteiger partial charge in [0.05, 0.1) is 11.7 Å². The van der Waals surface area contributed by atoms with E-state index in [1.54, 1.807) is 18.0 Å². The van der Waals surface area contributed by atoms with E-state index in [1.807, 2.05) is 61.2 Å². The molecule has 3 rings (SSSR count). The molecule has 184 valence electrons. The van der Waals surface area contributed by atoms with Gasteiger partial charge >= 0.3 is 12.2 Å². The number of imidazole rings is 1. The molecule has 0 saturated heterocycles. The number of aromatic nitrogens is 3. The lowest BCUT2D eigenvalue weighted by molar-refractivity contribution is -0.136. The van der Waals surface area contributed by atoms with Gasteiger partial charge in [-0.25, -0.2) is 14.8 Å². The topological polar surface area (TPSA) is 62.5 Å². The Morgan fingerprint density at radius 2 is 2.06 bits per heavy atom. The van der Waals surface area contributed by atoms with E-state index in [9.17, 15) is 18.0 Å². The second-order valence-electron chi connectivity index (χ2n) is 8.09. The zero-order valence-electron chi connectivity index (χ0n) is 19.8. The summed E-state index contributed by atoms with van der Waals surface area (Å²) >= 11 is 1.52. The van der Waals surface area contributed by atoms with Crippen molar-refractivity contribution in [3.05, 3.63) is 48.4 Å².